The molecule has 4 fully saturated rings. The Morgan fingerprint density at radius 3 is 2.44 bits per heavy atom. The Hall–Kier alpha value is -1.68. The Bertz CT molecular complexity index is 770. The molecule has 4 aliphatic carbocycles. The van der Waals surface area contributed by atoms with Crippen LogP contribution in [0.5, 0.6) is 0 Å². The van der Waals surface area contributed by atoms with Crippen LogP contribution in [0.15, 0.2) is 30.3 Å². The maximum Gasteiger partial charge on any atom is 0.223 e. The van der Waals surface area contributed by atoms with Gasteiger partial charge in [0.15, 0.2) is 0 Å². The van der Waals surface area contributed by atoms with Crippen LogP contribution in [-0.4, -0.2) is 34.6 Å². The fourth-order valence-electron chi connectivity index (χ4n) is 6.86. The maximum atomic E-state index is 13.1. The van der Waals surface area contributed by atoms with Crippen LogP contribution in [0.4, 0.5) is 4.39 Å². The molecule has 4 bridgehead atoms. The average molecular weight is 369 g/mol. The van der Waals surface area contributed by atoms with E-state index in [4.69, 9.17) is 0 Å². The van der Waals surface area contributed by atoms with E-state index in [1.807, 2.05) is 17.0 Å². The number of aliphatic hydroxyl groups is 1. The van der Waals surface area contributed by atoms with Gasteiger partial charge in [0.2, 0.25) is 5.91 Å². The Morgan fingerprint density at radius 1 is 1.15 bits per heavy atom. The molecule has 0 unspecified atom stereocenters. The van der Waals surface area contributed by atoms with Crippen LogP contribution in [0.25, 0.3) is 5.57 Å². The molecule has 0 spiro atoms. The SMILES string of the molecule is O=C(CC12C[C@H]3C[C@@H](CC(O)(C3)C1)C2)N1CC=C(c2ccc(F)cc2)CC1. The van der Waals surface area contributed by atoms with Gasteiger partial charge in [-0.1, -0.05) is 18.2 Å². The summed E-state index contributed by atoms with van der Waals surface area (Å²) in [6.45, 7) is 1.37. The van der Waals surface area contributed by atoms with Crippen LogP contribution in [0.2, 0.25) is 0 Å². The molecule has 0 saturated heterocycles. The molecule has 1 aromatic carbocycles. The van der Waals surface area contributed by atoms with Crippen molar-refractivity contribution < 1.29 is 14.3 Å². The van der Waals surface area contributed by atoms with Crippen molar-refractivity contribution in [2.24, 2.45) is 17.3 Å². The van der Waals surface area contributed by atoms with E-state index in [0.717, 1.165) is 50.6 Å². The summed E-state index contributed by atoms with van der Waals surface area (Å²) in [6, 6.07) is 6.61. The lowest BCUT2D eigenvalue weighted by molar-refractivity contribution is -0.171. The van der Waals surface area contributed by atoms with Crippen LogP contribution in [0, 0.1) is 23.1 Å². The van der Waals surface area contributed by atoms with E-state index in [1.54, 1.807) is 0 Å². The van der Waals surface area contributed by atoms with Crippen LogP contribution in [0.3, 0.4) is 0 Å². The topological polar surface area (TPSA) is 40.5 Å². The van der Waals surface area contributed by atoms with Crippen molar-refractivity contribution >= 4 is 11.5 Å². The number of halogens is 1. The summed E-state index contributed by atoms with van der Waals surface area (Å²) in [5, 5.41) is 10.9. The molecule has 2 atom stereocenters. The fraction of sp³-hybridized carbons (Fsp3) is 0.609. The molecule has 144 valence electrons. The van der Waals surface area contributed by atoms with Gasteiger partial charge in [-0.25, -0.2) is 4.39 Å². The lowest BCUT2D eigenvalue weighted by atomic mass is 9.47. The first-order valence-electron chi connectivity index (χ1n) is 10.4. The Morgan fingerprint density at radius 2 is 1.85 bits per heavy atom. The third-order valence-electron chi connectivity index (χ3n) is 7.45. The quantitative estimate of drug-likeness (QED) is 0.869. The van der Waals surface area contributed by atoms with Gasteiger partial charge in [0.25, 0.3) is 0 Å². The minimum absolute atomic E-state index is 0.0386. The fourth-order valence-corrected chi connectivity index (χ4v) is 6.86. The van der Waals surface area contributed by atoms with Crippen molar-refractivity contribution in [3.05, 3.63) is 41.7 Å². The highest BCUT2D eigenvalue weighted by Gasteiger charge is 2.57. The first-order valence-corrected chi connectivity index (χ1v) is 10.4. The molecule has 27 heavy (non-hydrogen) atoms. The molecule has 0 aromatic heterocycles. The van der Waals surface area contributed by atoms with Gasteiger partial charge in [0, 0.05) is 19.5 Å². The zero-order valence-electron chi connectivity index (χ0n) is 15.8. The summed E-state index contributed by atoms with van der Waals surface area (Å²) in [5.41, 5.74) is 1.79. The second-order valence-corrected chi connectivity index (χ2v) is 9.69. The van der Waals surface area contributed by atoms with Crippen LogP contribution in [-0.2, 0) is 4.79 Å². The Labute approximate surface area is 160 Å². The molecule has 0 radical (unpaired) electrons. The predicted molar refractivity (Wildman–Crippen MR) is 102 cm³/mol. The Balaban J connectivity index is 1.26. The third-order valence-corrected chi connectivity index (χ3v) is 7.45. The first-order chi connectivity index (χ1) is 12.9. The summed E-state index contributed by atoms with van der Waals surface area (Å²) >= 11 is 0. The number of hydrogen-bond acceptors (Lipinski definition) is 2. The molecule has 5 aliphatic rings. The second kappa shape index (κ2) is 6.16. The molecule has 1 aromatic rings. The minimum Gasteiger partial charge on any atom is -0.390 e. The van der Waals surface area contributed by atoms with Gasteiger partial charge in [0.05, 0.1) is 5.60 Å². The molecule has 1 N–H and O–H groups in total. The van der Waals surface area contributed by atoms with Gasteiger partial charge >= 0.3 is 0 Å². The monoisotopic (exact) mass is 369 g/mol. The van der Waals surface area contributed by atoms with Crippen molar-refractivity contribution in [1.29, 1.82) is 0 Å². The van der Waals surface area contributed by atoms with Gasteiger partial charge in [0.1, 0.15) is 5.82 Å². The molecule has 1 heterocycles. The van der Waals surface area contributed by atoms with Crippen molar-refractivity contribution in [2.75, 3.05) is 13.1 Å². The number of hydrogen-bond donors (Lipinski definition) is 1. The number of benzene rings is 1. The lowest BCUT2D eigenvalue weighted by Gasteiger charge is -2.60. The summed E-state index contributed by atoms with van der Waals surface area (Å²) < 4.78 is 13.1. The summed E-state index contributed by atoms with van der Waals surface area (Å²) in [6.07, 6.45) is 9.77. The standard InChI is InChI=1S/C23H28FNO2/c24-20-3-1-18(2-4-20)19-5-7-25(8-6-19)21(26)14-22-10-16-9-17(11-22)13-23(27,12-16)15-22/h1-5,16-17,27H,6-15H2/t16-,17-,22?,23?/m1/s1. The Kier molecular flexibility index (Phi) is 3.98. The van der Waals surface area contributed by atoms with Crippen molar-refractivity contribution in [1.82, 2.24) is 4.90 Å². The van der Waals surface area contributed by atoms with Crippen LogP contribution in [0.1, 0.15) is 56.9 Å². The van der Waals surface area contributed by atoms with E-state index in [9.17, 15) is 14.3 Å². The molecule has 3 nitrogen and oxygen atoms in total. The first kappa shape index (κ1) is 17.4. The van der Waals surface area contributed by atoms with E-state index in [-0.39, 0.29) is 17.1 Å². The molecule has 6 rings (SSSR count). The van der Waals surface area contributed by atoms with E-state index >= 15 is 0 Å². The highest BCUT2D eigenvalue weighted by molar-refractivity contribution is 5.79. The molecular weight excluding hydrogens is 341 g/mol. The van der Waals surface area contributed by atoms with Crippen molar-refractivity contribution in [3.8, 4) is 0 Å². The number of amides is 1. The van der Waals surface area contributed by atoms with E-state index in [1.165, 1.54) is 24.1 Å². The highest BCUT2D eigenvalue weighted by atomic mass is 19.1. The number of rotatable bonds is 3. The molecule has 1 amide bonds. The normalized spacial score (nSPS) is 37.4. The summed E-state index contributed by atoms with van der Waals surface area (Å²) in [5.74, 6) is 1.27. The van der Waals surface area contributed by atoms with E-state index in [2.05, 4.69) is 6.08 Å². The zero-order valence-corrected chi connectivity index (χ0v) is 15.8. The predicted octanol–water partition coefficient (Wildman–Crippen LogP) is 4.16. The zero-order chi connectivity index (χ0) is 18.6. The number of carbonyl (C=O) groups is 1. The van der Waals surface area contributed by atoms with Crippen LogP contribution < -0.4 is 0 Å². The van der Waals surface area contributed by atoms with Gasteiger partial charge in [-0.15, -0.1) is 0 Å². The summed E-state index contributed by atoms with van der Waals surface area (Å²) in [4.78, 5) is 15.0. The molecule has 1 aliphatic heterocycles. The highest BCUT2D eigenvalue weighted by Crippen LogP contribution is 2.62. The van der Waals surface area contributed by atoms with Crippen molar-refractivity contribution in [2.45, 2.75) is 57.0 Å². The van der Waals surface area contributed by atoms with Crippen LogP contribution >= 0.6 is 0 Å². The van der Waals surface area contributed by atoms with Gasteiger partial charge in [-0.05, 0) is 85.5 Å². The largest absolute Gasteiger partial charge is 0.390 e. The second-order valence-electron chi connectivity index (χ2n) is 9.69. The number of carbonyl (C=O) groups excluding carboxylic acids is 1. The van der Waals surface area contributed by atoms with E-state index < -0.39 is 5.60 Å². The van der Waals surface area contributed by atoms with E-state index in [0.29, 0.717) is 24.8 Å². The van der Waals surface area contributed by atoms with Crippen molar-refractivity contribution in [3.63, 3.8) is 0 Å². The minimum atomic E-state index is -0.498. The van der Waals surface area contributed by atoms with Gasteiger partial charge in [-0.3, -0.25) is 4.79 Å². The molecule has 4 heteroatoms. The maximum absolute atomic E-state index is 13.1. The average Bonchev–Trinajstić information content (AvgIpc) is 2.60. The number of nitrogens with zero attached hydrogens (tertiary/aromatic N) is 1. The summed E-state index contributed by atoms with van der Waals surface area (Å²) in [7, 11) is 0. The lowest BCUT2D eigenvalue weighted by Crippen LogP contribution is -2.56. The van der Waals surface area contributed by atoms with Gasteiger partial charge in [-0.2, -0.15) is 0 Å². The smallest absolute Gasteiger partial charge is 0.223 e. The van der Waals surface area contributed by atoms with Gasteiger partial charge < -0.3 is 10.0 Å². The molecule has 4 saturated carbocycles. The molecular formula is C23H28FNO2. The third kappa shape index (κ3) is 3.22.